The molecule has 0 radical (unpaired) electrons. The Labute approximate surface area is 239 Å². The van der Waals surface area contributed by atoms with E-state index in [9.17, 15) is 9.90 Å². The first-order valence-electron chi connectivity index (χ1n) is 14.4. The van der Waals surface area contributed by atoms with E-state index in [2.05, 4.69) is 71.5 Å². The van der Waals surface area contributed by atoms with Crippen molar-refractivity contribution in [2.45, 2.75) is 53.0 Å². The number of nitrogens with zero attached hydrogens (tertiary/aromatic N) is 4. The molecule has 206 valence electrons. The van der Waals surface area contributed by atoms with Crippen molar-refractivity contribution in [2.24, 2.45) is 0 Å². The van der Waals surface area contributed by atoms with Gasteiger partial charge in [-0.1, -0.05) is 56.7 Å². The zero-order valence-corrected chi connectivity index (χ0v) is 23.8. The van der Waals surface area contributed by atoms with Crippen molar-refractivity contribution in [3.05, 3.63) is 102 Å². The number of aromatic nitrogens is 4. The van der Waals surface area contributed by atoms with Crippen LogP contribution in [0.4, 0.5) is 0 Å². The normalized spacial score (nSPS) is 11.5. The maximum absolute atomic E-state index is 11.9. The number of aromatic carboxylic acids is 1. The number of imidazole rings is 2. The fourth-order valence-corrected chi connectivity index (χ4v) is 5.78. The maximum Gasteiger partial charge on any atom is 0.336 e. The average molecular weight is 543 g/mol. The third-order valence-electron chi connectivity index (χ3n) is 7.76. The molecule has 6 heteroatoms. The van der Waals surface area contributed by atoms with Gasteiger partial charge in [-0.25, -0.2) is 14.8 Å². The molecule has 4 aromatic carbocycles. The number of carbonyl (C=O) groups is 1. The van der Waals surface area contributed by atoms with E-state index in [1.807, 2.05) is 31.2 Å². The SMILES string of the molecule is CCCCn1c(-c2ccc3nc(CCC)n(-c4ccc(-c5ccccc5C(=O)O)c(C)c4)c3c2)nc2ccccc21. The summed E-state index contributed by atoms with van der Waals surface area (Å²) in [4.78, 5) is 22.0. The highest BCUT2D eigenvalue weighted by atomic mass is 16.4. The van der Waals surface area contributed by atoms with E-state index in [-0.39, 0.29) is 0 Å². The summed E-state index contributed by atoms with van der Waals surface area (Å²) in [6.07, 6.45) is 4.03. The van der Waals surface area contributed by atoms with Crippen molar-refractivity contribution in [3.8, 4) is 28.2 Å². The van der Waals surface area contributed by atoms with Crippen molar-refractivity contribution in [3.63, 3.8) is 0 Å². The summed E-state index contributed by atoms with van der Waals surface area (Å²) in [6, 6.07) is 28.2. The van der Waals surface area contributed by atoms with Crippen LogP contribution >= 0.6 is 0 Å². The van der Waals surface area contributed by atoms with Crippen LogP contribution in [0.2, 0.25) is 0 Å². The van der Waals surface area contributed by atoms with E-state index in [1.54, 1.807) is 12.1 Å². The van der Waals surface area contributed by atoms with Crippen LogP contribution in [0.15, 0.2) is 84.9 Å². The molecule has 0 saturated carbocycles. The molecule has 41 heavy (non-hydrogen) atoms. The van der Waals surface area contributed by atoms with Gasteiger partial charge in [-0.2, -0.15) is 0 Å². The molecule has 1 N–H and O–H groups in total. The molecule has 0 atom stereocenters. The van der Waals surface area contributed by atoms with Crippen LogP contribution in [0.25, 0.3) is 50.3 Å². The van der Waals surface area contributed by atoms with Crippen molar-refractivity contribution in [1.29, 1.82) is 0 Å². The number of unbranched alkanes of at least 4 members (excludes halogenated alkanes) is 1. The Hall–Kier alpha value is -4.71. The summed E-state index contributed by atoms with van der Waals surface area (Å²) in [5, 5.41) is 9.75. The van der Waals surface area contributed by atoms with Gasteiger partial charge in [0.25, 0.3) is 0 Å². The largest absolute Gasteiger partial charge is 0.478 e. The van der Waals surface area contributed by atoms with Crippen molar-refractivity contribution < 1.29 is 9.90 Å². The zero-order valence-electron chi connectivity index (χ0n) is 23.8. The van der Waals surface area contributed by atoms with Gasteiger partial charge in [0.1, 0.15) is 11.6 Å². The molecule has 6 rings (SSSR count). The number of carboxylic acid groups (broad SMARTS) is 1. The average Bonchev–Trinajstić information content (AvgIpc) is 3.53. The fraction of sp³-hybridized carbons (Fsp3) is 0.229. The summed E-state index contributed by atoms with van der Waals surface area (Å²) in [5.74, 6) is 1.06. The van der Waals surface area contributed by atoms with Gasteiger partial charge in [0.05, 0.1) is 27.6 Å². The van der Waals surface area contributed by atoms with Crippen molar-refractivity contribution in [2.75, 3.05) is 0 Å². The highest BCUT2D eigenvalue weighted by Crippen LogP contribution is 2.33. The summed E-state index contributed by atoms with van der Waals surface area (Å²) in [6.45, 7) is 7.34. The Morgan fingerprint density at radius 2 is 1.59 bits per heavy atom. The Morgan fingerprint density at radius 3 is 2.37 bits per heavy atom. The van der Waals surface area contributed by atoms with E-state index in [0.29, 0.717) is 5.56 Å². The molecule has 6 aromatic rings. The van der Waals surface area contributed by atoms with E-state index in [1.165, 1.54) is 0 Å². The molecule has 0 aliphatic heterocycles. The van der Waals surface area contributed by atoms with E-state index >= 15 is 0 Å². The molecule has 2 aromatic heterocycles. The second-order valence-electron chi connectivity index (χ2n) is 10.6. The Kier molecular flexibility index (Phi) is 7.14. The first kappa shape index (κ1) is 26.5. The molecule has 0 aliphatic rings. The lowest BCUT2D eigenvalue weighted by molar-refractivity contribution is 0.0697. The van der Waals surface area contributed by atoms with Gasteiger partial charge in [0.15, 0.2) is 0 Å². The highest BCUT2D eigenvalue weighted by Gasteiger charge is 2.18. The van der Waals surface area contributed by atoms with Gasteiger partial charge < -0.3 is 9.67 Å². The second-order valence-corrected chi connectivity index (χ2v) is 10.6. The maximum atomic E-state index is 11.9. The molecule has 0 unspecified atom stereocenters. The van der Waals surface area contributed by atoms with Gasteiger partial charge in [-0.05, 0) is 85.0 Å². The summed E-state index contributed by atoms with van der Waals surface area (Å²) in [7, 11) is 0. The molecule has 0 amide bonds. The van der Waals surface area contributed by atoms with Gasteiger partial charge >= 0.3 is 5.97 Å². The second kappa shape index (κ2) is 11.0. The molecule has 0 bridgehead atoms. The third-order valence-corrected chi connectivity index (χ3v) is 7.76. The number of hydrogen-bond donors (Lipinski definition) is 1. The van der Waals surface area contributed by atoms with Crippen molar-refractivity contribution >= 4 is 28.0 Å². The number of aryl methyl sites for hydroxylation is 3. The van der Waals surface area contributed by atoms with Crippen molar-refractivity contribution in [1.82, 2.24) is 19.1 Å². The van der Waals surface area contributed by atoms with Crippen LogP contribution in [-0.4, -0.2) is 30.2 Å². The first-order valence-corrected chi connectivity index (χ1v) is 14.4. The minimum absolute atomic E-state index is 0.304. The Bertz CT molecular complexity index is 1900. The van der Waals surface area contributed by atoms with E-state index < -0.39 is 5.97 Å². The molecule has 0 fully saturated rings. The minimum atomic E-state index is -0.924. The molecule has 0 spiro atoms. The molecule has 0 saturated heterocycles. The molecular formula is C35H34N4O2. The van der Waals surface area contributed by atoms with Gasteiger partial charge in [0, 0.05) is 24.2 Å². The van der Waals surface area contributed by atoms with E-state index in [0.717, 1.165) is 93.9 Å². The molecule has 0 aliphatic carbocycles. The first-order chi connectivity index (χ1) is 20.0. The Balaban J connectivity index is 1.51. The number of benzene rings is 4. The minimum Gasteiger partial charge on any atom is -0.478 e. The lowest BCUT2D eigenvalue weighted by Gasteiger charge is -2.14. The van der Waals surface area contributed by atoms with E-state index in [4.69, 9.17) is 9.97 Å². The Morgan fingerprint density at radius 1 is 0.805 bits per heavy atom. The predicted octanol–water partition coefficient (Wildman–Crippen LogP) is 8.47. The zero-order chi connectivity index (χ0) is 28.5. The van der Waals surface area contributed by atoms with Crippen LogP contribution < -0.4 is 0 Å². The molecular weight excluding hydrogens is 508 g/mol. The van der Waals surface area contributed by atoms with Gasteiger partial charge in [0.2, 0.25) is 0 Å². The number of hydrogen-bond acceptors (Lipinski definition) is 3. The number of para-hydroxylation sites is 2. The monoisotopic (exact) mass is 542 g/mol. The lowest BCUT2D eigenvalue weighted by atomic mass is 9.95. The van der Waals surface area contributed by atoms with Crippen LogP contribution in [0.3, 0.4) is 0 Å². The number of rotatable bonds is 9. The van der Waals surface area contributed by atoms with Gasteiger partial charge in [-0.15, -0.1) is 0 Å². The summed E-state index contributed by atoms with van der Waals surface area (Å²) >= 11 is 0. The summed E-state index contributed by atoms with van der Waals surface area (Å²) in [5.41, 5.74) is 9.19. The fourth-order valence-electron chi connectivity index (χ4n) is 5.78. The standard InChI is InChI=1S/C35H34N4O2/c1-4-6-20-38-31-15-10-9-14-29(31)37-34(38)24-16-19-30-32(22-24)39(33(36-30)11-5-2)25-17-18-26(23(3)21-25)27-12-7-8-13-28(27)35(40)41/h7-10,12-19,21-22H,4-6,11,20H2,1-3H3,(H,40,41). The van der Waals surface area contributed by atoms with Crippen LogP contribution in [0, 0.1) is 6.92 Å². The van der Waals surface area contributed by atoms with Gasteiger partial charge in [-0.3, -0.25) is 4.57 Å². The highest BCUT2D eigenvalue weighted by molar-refractivity contribution is 5.96. The summed E-state index contributed by atoms with van der Waals surface area (Å²) < 4.78 is 4.59. The topological polar surface area (TPSA) is 72.9 Å². The number of carboxylic acids is 1. The smallest absolute Gasteiger partial charge is 0.336 e. The number of fused-ring (bicyclic) bond motifs is 2. The molecule has 6 nitrogen and oxygen atoms in total. The third kappa shape index (κ3) is 4.80. The van der Waals surface area contributed by atoms with Crippen LogP contribution in [-0.2, 0) is 13.0 Å². The van der Waals surface area contributed by atoms with Crippen LogP contribution in [0.5, 0.6) is 0 Å². The lowest BCUT2D eigenvalue weighted by Crippen LogP contribution is -2.04. The predicted molar refractivity (Wildman–Crippen MR) is 166 cm³/mol. The quantitative estimate of drug-likeness (QED) is 0.199. The molecule has 2 heterocycles. The van der Waals surface area contributed by atoms with Crippen LogP contribution in [0.1, 0.15) is 54.9 Å².